The van der Waals surface area contributed by atoms with Crippen LogP contribution in [0.5, 0.6) is 5.75 Å². The van der Waals surface area contributed by atoms with Crippen LogP contribution >= 0.6 is 23.4 Å². The van der Waals surface area contributed by atoms with Gasteiger partial charge in [0.1, 0.15) is 5.75 Å². The number of thioether (sulfide) groups is 1. The summed E-state index contributed by atoms with van der Waals surface area (Å²) in [6.45, 7) is 1.57. The first-order chi connectivity index (χ1) is 9.60. The highest BCUT2D eigenvalue weighted by molar-refractivity contribution is 7.98. The Kier molecular flexibility index (Phi) is 5.10. The standard InChI is InChI=1S/C16H15ClO2S/c1-11(18)12-3-8-16(19-2)13(9-12)10-20-15-6-4-14(17)5-7-15/h3-9H,10H2,1-2H3. The number of rotatable bonds is 5. The van der Waals surface area contributed by atoms with E-state index in [-0.39, 0.29) is 5.78 Å². The molecule has 0 unspecified atom stereocenters. The van der Waals surface area contributed by atoms with Crippen LogP contribution in [0.3, 0.4) is 0 Å². The van der Waals surface area contributed by atoms with Crippen molar-refractivity contribution in [2.75, 3.05) is 7.11 Å². The summed E-state index contributed by atoms with van der Waals surface area (Å²) in [7, 11) is 1.64. The Labute approximate surface area is 128 Å². The van der Waals surface area contributed by atoms with Crippen LogP contribution in [0, 0.1) is 0 Å². The van der Waals surface area contributed by atoms with Gasteiger partial charge in [0.15, 0.2) is 5.78 Å². The van der Waals surface area contributed by atoms with Crippen molar-refractivity contribution in [2.24, 2.45) is 0 Å². The van der Waals surface area contributed by atoms with Gasteiger partial charge in [0.2, 0.25) is 0 Å². The van der Waals surface area contributed by atoms with E-state index in [1.807, 2.05) is 36.4 Å². The Balaban J connectivity index is 2.16. The summed E-state index contributed by atoms with van der Waals surface area (Å²) < 4.78 is 5.34. The molecule has 0 saturated carbocycles. The van der Waals surface area contributed by atoms with Gasteiger partial charge in [0, 0.05) is 26.8 Å². The van der Waals surface area contributed by atoms with Gasteiger partial charge in [0.25, 0.3) is 0 Å². The summed E-state index contributed by atoms with van der Waals surface area (Å²) in [4.78, 5) is 12.6. The van der Waals surface area contributed by atoms with Gasteiger partial charge < -0.3 is 4.74 Å². The first kappa shape index (κ1) is 14.9. The highest BCUT2D eigenvalue weighted by Crippen LogP contribution is 2.29. The van der Waals surface area contributed by atoms with E-state index in [4.69, 9.17) is 16.3 Å². The molecule has 0 spiro atoms. The number of Topliss-reactive ketones (excluding diaryl/α,β-unsaturated/α-hetero) is 1. The molecule has 0 N–H and O–H groups in total. The van der Waals surface area contributed by atoms with Crippen LogP contribution in [-0.4, -0.2) is 12.9 Å². The Morgan fingerprint density at radius 1 is 1.20 bits per heavy atom. The number of hydrogen-bond donors (Lipinski definition) is 0. The molecule has 0 aromatic heterocycles. The van der Waals surface area contributed by atoms with Crippen molar-refractivity contribution in [2.45, 2.75) is 17.6 Å². The van der Waals surface area contributed by atoms with Crippen LogP contribution in [0.15, 0.2) is 47.4 Å². The molecule has 4 heteroatoms. The van der Waals surface area contributed by atoms with Crippen LogP contribution in [0.25, 0.3) is 0 Å². The van der Waals surface area contributed by atoms with Gasteiger partial charge in [-0.25, -0.2) is 0 Å². The van der Waals surface area contributed by atoms with Crippen molar-refractivity contribution in [3.63, 3.8) is 0 Å². The fraction of sp³-hybridized carbons (Fsp3) is 0.188. The fourth-order valence-electron chi connectivity index (χ4n) is 1.80. The van der Waals surface area contributed by atoms with E-state index in [0.717, 1.165) is 27.0 Å². The van der Waals surface area contributed by atoms with E-state index in [1.165, 1.54) is 0 Å². The number of methoxy groups -OCH3 is 1. The lowest BCUT2D eigenvalue weighted by Gasteiger charge is -2.10. The molecule has 0 amide bonds. The fourth-order valence-corrected chi connectivity index (χ4v) is 2.80. The summed E-state index contributed by atoms with van der Waals surface area (Å²) in [5.41, 5.74) is 1.72. The summed E-state index contributed by atoms with van der Waals surface area (Å²) in [6, 6.07) is 13.2. The second-order valence-corrected chi connectivity index (χ2v) is 5.81. The molecule has 2 nitrogen and oxygen atoms in total. The molecule has 0 atom stereocenters. The third kappa shape index (κ3) is 3.78. The van der Waals surface area contributed by atoms with Crippen molar-refractivity contribution in [3.05, 3.63) is 58.6 Å². The first-order valence-corrected chi connectivity index (χ1v) is 7.52. The summed E-state index contributed by atoms with van der Waals surface area (Å²) >= 11 is 7.55. The van der Waals surface area contributed by atoms with Crippen molar-refractivity contribution >= 4 is 29.1 Å². The van der Waals surface area contributed by atoms with Crippen LogP contribution in [0.1, 0.15) is 22.8 Å². The number of benzene rings is 2. The zero-order chi connectivity index (χ0) is 14.5. The molecular weight excluding hydrogens is 292 g/mol. The van der Waals surface area contributed by atoms with Crippen LogP contribution < -0.4 is 4.74 Å². The molecule has 2 aromatic carbocycles. The molecule has 0 radical (unpaired) electrons. The quantitative estimate of drug-likeness (QED) is 0.584. The second-order valence-electron chi connectivity index (χ2n) is 4.33. The van der Waals surface area contributed by atoms with E-state index >= 15 is 0 Å². The number of carbonyl (C=O) groups excluding carboxylic acids is 1. The minimum atomic E-state index is 0.0606. The van der Waals surface area contributed by atoms with Gasteiger partial charge >= 0.3 is 0 Å². The molecule has 20 heavy (non-hydrogen) atoms. The lowest BCUT2D eigenvalue weighted by molar-refractivity contribution is 0.101. The molecule has 0 heterocycles. The number of halogens is 1. The molecule has 0 fully saturated rings. The lowest BCUT2D eigenvalue weighted by Crippen LogP contribution is -1.96. The maximum atomic E-state index is 11.4. The summed E-state index contributed by atoms with van der Waals surface area (Å²) in [5.74, 6) is 1.60. The lowest BCUT2D eigenvalue weighted by atomic mass is 10.1. The Hall–Kier alpha value is -1.45. The monoisotopic (exact) mass is 306 g/mol. The minimum Gasteiger partial charge on any atom is -0.496 e. The van der Waals surface area contributed by atoms with E-state index in [1.54, 1.807) is 31.9 Å². The third-order valence-electron chi connectivity index (χ3n) is 2.89. The van der Waals surface area contributed by atoms with E-state index in [2.05, 4.69) is 0 Å². The largest absolute Gasteiger partial charge is 0.496 e. The van der Waals surface area contributed by atoms with Gasteiger partial charge in [0.05, 0.1) is 7.11 Å². The molecule has 0 bridgehead atoms. The molecule has 0 aliphatic rings. The number of hydrogen-bond acceptors (Lipinski definition) is 3. The van der Waals surface area contributed by atoms with Crippen LogP contribution in [-0.2, 0) is 5.75 Å². The van der Waals surface area contributed by atoms with Gasteiger partial charge in [-0.15, -0.1) is 11.8 Å². The van der Waals surface area contributed by atoms with Crippen molar-refractivity contribution < 1.29 is 9.53 Å². The van der Waals surface area contributed by atoms with Crippen LogP contribution in [0.2, 0.25) is 5.02 Å². The van der Waals surface area contributed by atoms with E-state index < -0.39 is 0 Å². The smallest absolute Gasteiger partial charge is 0.159 e. The molecule has 0 saturated heterocycles. The summed E-state index contributed by atoms with van der Waals surface area (Å²) in [5, 5.41) is 0.727. The highest BCUT2D eigenvalue weighted by atomic mass is 35.5. The average molecular weight is 307 g/mol. The SMILES string of the molecule is COc1ccc(C(C)=O)cc1CSc1ccc(Cl)cc1. The Morgan fingerprint density at radius 2 is 1.90 bits per heavy atom. The topological polar surface area (TPSA) is 26.3 Å². The van der Waals surface area contributed by atoms with E-state index in [9.17, 15) is 4.79 Å². The maximum absolute atomic E-state index is 11.4. The van der Waals surface area contributed by atoms with Gasteiger partial charge in [-0.1, -0.05) is 11.6 Å². The van der Waals surface area contributed by atoms with Gasteiger partial charge in [-0.2, -0.15) is 0 Å². The van der Waals surface area contributed by atoms with Gasteiger partial charge in [-0.05, 0) is 49.4 Å². The van der Waals surface area contributed by atoms with Crippen molar-refractivity contribution in [3.8, 4) is 5.75 Å². The van der Waals surface area contributed by atoms with E-state index in [0.29, 0.717) is 5.56 Å². The third-order valence-corrected chi connectivity index (χ3v) is 4.21. The Bertz CT molecular complexity index is 608. The number of ketones is 1. The molecule has 2 rings (SSSR count). The summed E-state index contributed by atoms with van der Waals surface area (Å²) in [6.07, 6.45) is 0. The maximum Gasteiger partial charge on any atom is 0.159 e. The number of ether oxygens (including phenoxy) is 1. The first-order valence-electron chi connectivity index (χ1n) is 6.16. The van der Waals surface area contributed by atoms with Crippen LogP contribution in [0.4, 0.5) is 0 Å². The molecule has 0 aliphatic heterocycles. The Morgan fingerprint density at radius 3 is 2.50 bits per heavy atom. The van der Waals surface area contributed by atoms with Gasteiger partial charge in [-0.3, -0.25) is 4.79 Å². The minimum absolute atomic E-state index is 0.0606. The zero-order valence-corrected chi connectivity index (χ0v) is 12.9. The van der Waals surface area contributed by atoms with Crippen molar-refractivity contribution in [1.82, 2.24) is 0 Å². The number of carbonyl (C=O) groups is 1. The van der Waals surface area contributed by atoms with Crippen molar-refractivity contribution in [1.29, 1.82) is 0 Å². The zero-order valence-electron chi connectivity index (χ0n) is 11.4. The highest BCUT2D eigenvalue weighted by Gasteiger charge is 2.08. The predicted molar refractivity (Wildman–Crippen MR) is 84.0 cm³/mol. The normalized spacial score (nSPS) is 10.3. The predicted octanol–water partition coefficient (Wildman–Crippen LogP) is 4.84. The molecule has 2 aromatic rings. The second kappa shape index (κ2) is 6.82. The molecular formula is C16H15ClO2S. The molecule has 104 valence electrons. The molecule has 0 aliphatic carbocycles. The average Bonchev–Trinajstić information content (AvgIpc) is 2.46.